The molecule has 2 heterocycles. The van der Waals surface area contributed by atoms with Crippen LogP contribution in [-0.2, 0) is 16.0 Å². The number of rotatable bonds is 8. The third-order valence-electron chi connectivity index (χ3n) is 5.50. The van der Waals surface area contributed by atoms with Crippen molar-refractivity contribution in [2.24, 2.45) is 0 Å². The number of carbonyl (C=O) groups is 1. The summed E-state index contributed by atoms with van der Waals surface area (Å²) in [6.07, 6.45) is 14.0. The molecule has 3 aromatic rings. The molecular formula is C25H28N4O2. The fourth-order valence-electron chi connectivity index (χ4n) is 3.44. The monoisotopic (exact) mass is 416 g/mol. The molecule has 6 heteroatoms. The molecule has 0 unspecified atom stereocenters. The summed E-state index contributed by atoms with van der Waals surface area (Å²) in [4.78, 5) is 16.7. The average Bonchev–Trinajstić information content (AvgIpc) is 3.50. The lowest BCUT2D eigenvalue weighted by Crippen LogP contribution is -2.25. The predicted molar refractivity (Wildman–Crippen MR) is 123 cm³/mol. The van der Waals surface area contributed by atoms with Gasteiger partial charge in [0.05, 0.1) is 17.8 Å². The molecule has 1 aliphatic rings. The second kappa shape index (κ2) is 8.86. The zero-order valence-corrected chi connectivity index (χ0v) is 18.2. The van der Waals surface area contributed by atoms with Crippen molar-refractivity contribution < 1.29 is 9.53 Å². The van der Waals surface area contributed by atoms with Crippen LogP contribution in [0, 0.1) is 0 Å². The van der Waals surface area contributed by atoms with Crippen LogP contribution in [-0.4, -0.2) is 33.4 Å². The maximum absolute atomic E-state index is 12.4. The Balaban J connectivity index is 1.41. The van der Waals surface area contributed by atoms with Gasteiger partial charge in [-0.2, -0.15) is 5.10 Å². The van der Waals surface area contributed by atoms with Crippen LogP contribution in [0.3, 0.4) is 0 Å². The summed E-state index contributed by atoms with van der Waals surface area (Å²) in [5.74, 6) is -0.187. The summed E-state index contributed by atoms with van der Waals surface area (Å²) in [7, 11) is 1.72. The van der Waals surface area contributed by atoms with Gasteiger partial charge in [0.2, 0.25) is 5.91 Å². The third-order valence-corrected chi connectivity index (χ3v) is 5.50. The van der Waals surface area contributed by atoms with E-state index < -0.39 is 0 Å². The number of nitrogens with one attached hydrogen (secondary N) is 1. The molecule has 1 aliphatic carbocycles. The van der Waals surface area contributed by atoms with Crippen LogP contribution in [0.4, 0.5) is 5.69 Å². The summed E-state index contributed by atoms with van der Waals surface area (Å²) in [6.45, 7) is 4.11. The minimum absolute atomic E-state index is 0.187. The molecule has 0 radical (unpaired) electrons. The van der Waals surface area contributed by atoms with Crippen molar-refractivity contribution in [1.82, 2.24) is 14.8 Å². The Morgan fingerprint density at radius 2 is 2.00 bits per heavy atom. The highest BCUT2D eigenvalue weighted by Crippen LogP contribution is 2.35. The molecule has 1 saturated carbocycles. The lowest BCUT2D eigenvalue weighted by atomic mass is 9.98. The molecule has 160 valence electrons. The maximum atomic E-state index is 12.4. The van der Waals surface area contributed by atoms with Crippen LogP contribution in [0.5, 0.6) is 0 Å². The highest BCUT2D eigenvalue weighted by Gasteiger charge is 2.24. The maximum Gasteiger partial charge on any atom is 0.248 e. The number of methoxy groups -OCH3 is 1. The van der Waals surface area contributed by atoms with Gasteiger partial charge in [0.25, 0.3) is 0 Å². The van der Waals surface area contributed by atoms with Crippen molar-refractivity contribution in [2.45, 2.75) is 44.8 Å². The lowest BCUT2D eigenvalue weighted by Gasteiger charge is -2.22. The molecule has 0 spiro atoms. The number of hydrogen-bond acceptors (Lipinski definition) is 4. The summed E-state index contributed by atoms with van der Waals surface area (Å²) < 4.78 is 7.50. The highest BCUT2D eigenvalue weighted by molar-refractivity contribution is 6.02. The van der Waals surface area contributed by atoms with Crippen LogP contribution >= 0.6 is 0 Å². The van der Waals surface area contributed by atoms with Crippen LogP contribution < -0.4 is 5.32 Å². The van der Waals surface area contributed by atoms with Crippen molar-refractivity contribution in [1.29, 1.82) is 0 Å². The van der Waals surface area contributed by atoms with Gasteiger partial charge in [0.1, 0.15) is 0 Å². The number of ether oxygens (including phenoxy) is 1. The number of nitrogens with zero attached hydrogens (tertiary/aromatic N) is 3. The van der Waals surface area contributed by atoms with Gasteiger partial charge in [-0.05, 0) is 62.1 Å². The second-order valence-corrected chi connectivity index (χ2v) is 8.56. The highest BCUT2D eigenvalue weighted by atomic mass is 16.5. The number of aromatic nitrogens is 3. The van der Waals surface area contributed by atoms with Crippen LogP contribution in [0.2, 0.25) is 0 Å². The lowest BCUT2D eigenvalue weighted by molar-refractivity contribution is -0.111. The zero-order chi connectivity index (χ0) is 21.8. The first-order valence-electron chi connectivity index (χ1n) is 10.6. The van der Waals surface area contributed by atoms with Gasteiger partial charge in [0.15, 0.2) is 0 Å². The molecule has 1 aromatic carbocycles. The standard InChI is InChI=1S/C25H28N4O2/c1-25(2,31-3)14-18-4-7-21(8-5-18)28-24(30)11-6-19-15-26-13-12-23(19)20-16-27-29(17-20)22-9-10-22/h4-8,11-13,15-17,22H,9-10,14H2,1-3H3,(H,28,30)/b11-6+. The predicted octanol–water partition coefficient (Wildman–Crippen LogP) is 4.90. The van der Waals surface area contributed by atoms with Gasteiger partial charge in [0, 0.05) is 55.0 Å². The molecule has 1 N–H and O–H groups in total. The second-order valence-electron chi connectivity index (χ2n) is 8.56. The molecule has 31 heavy (non-hydrogen) atoms. The number of amides is 1. The van der Waals surface area contributed by atoms with E-state index in [9.17, 15) is 4.79 Å². The summed E-state index contributed by atoms with van der Waals surface area (Å²) in [6, 6.07) is 10.3. The molecule has 1 fully saturated rings. The Morgan fingerprint density at radius 3 is 2.71 bits per heavy atom. The fourth-order valence-corrected chi connectivity index (χ4v) is 3.44. The van der Waals surface area contributed by atoms with Crippen LogP contribution in [0.25, 0.3) is 17.2 Å². The van der Waals surface area contributed by atoms with E-state index in [0.29, 0.717) is 6.04 Å². The molecular weight excluding hydrogens is 388 g/mol. The third kappa shape index (κ3) is 5.47. The van der Waals surface area contributed by atoms with Crippen molar-refractivity contribution in [3.63, 3.8) is 0 Å². The Hall–Kier alpha value is -3.25. The number of benzene rings is 1. The number of pyridine rings is 1. The number of carbonyl (C=O) groups excluding carboxylic acids is 1. The van der Waals surface area contributed by atoms with E-state index in [1.54, 1.807) is 25.6 Å². The zero-order valence-electron chi connectivity index (χ0n) is 18.2. The quantitative estimate of drug-likeness (QED) is 0.530. The molecule has 0 saturated heterocycles. The number of hydrogen-bond donors (Lipinski definition) is 1. The molecule has 0 bridgehead atoms. The van der Waals surface area contributed by atoms with Gasteiger partial charge >= 0.3 is 0 Å². The average molecular weight is 417 g/mol. The molecule has 6 nitrogen and oxygen atoms in total. The first-order chi connectivity index (χ1) is 14.9. The van der Waals surface area contributed by atoms with E-state index in [1.807, 2.05) is 41.2 Å². The van der Waals surface area contributed by atoms with E-state index in [4.69, 9.17) is 4.74 Å². The minimum Gasteiger partial charge on any atom is -0.378 e. The normalized spacial score (nSPS) is 14.2. The van der Waals surface area contributed by atoms with Gasteiger partial charge in [-0.3, -0.25) is 14.5 Å². The van der Waals surface area contributed by atoms with E-state index in [-0.39, 0.29) is 11.5 Å². The van der Waals surface area contributed by atoms with E-state index in [0.717, 1.165) is 34.4 Å². The largest absolute Gasteiger partial charge is 0.378 e. The van der Waals surface area contributed by atoms with Gasteiger partial charge in [-0.15, -0.1) is 0 Å². The Kier molecular flexibility index (Phi) is 6.00. The Morgan fingerprint density at radius 1 is 1.23 bits per heavy atom. The summed E-state index contributed by atoms with van der Waals surface area (Å²) >= 11 is 0. The Labute approximate surface area is 183 Å². The van der Waals surface area contributed by atoms with Crippen LogP contribution in [0.1, 0.15) is 43.9 Å². The topological polar surface area (TPSA) is 69.0 Å². The first kappa shape index (κ1) is 21.0. The van der Waals surface area contributed by atoms with Crippen molar-refractivity contribution >= 4 is 17.7 Å². The number of anilines is 1. The van der Waals surface area contributed by atoms with Gasteiger partial charge in [-0.1, -0.05) is 12.1 Å². The van der Waals surface area contributed by atoms with Gasteiger partial charge in [-0.25, -0.2) is 0 Å². The fraction of sp³-hybridized carbons (Fsp3) is 0.320. The smallest absolute Gasteiger partial charge is 0.248 e. The van der Waals surface area contributed by atoms with Crippen molar-refractivity contribution in [3.8, 4) is 11.1 Å². The molecule has 4 rings (SSSR count). The molecule has 1 amide bonds. The minimum atomic E-state index is -0.218. The van der Waals surface area contributed by atoms with Crippen molar-refractivity contribution in [2.75, 3.05) is 12.4 Å². The first-order valence-corrected chi connectivity index (χ1v) is 10.6. The Bertz CT molecular complexity index is 1080. The van der Waals surface area contributed by atoms with E-state index in [2.05, 4.69) is 35.4 Å². The SMILES string of the molecule is COC(C)(C)Cc1ccc(NC(=O)/C=C/c2cnccc2-c2cnn(C3CC3)c2)cc1. The van der Waals surface area contributed by atoms with Crippen molar-refractivity contribution in [3.05, 3.63) is 72.3 Å². The van der Waals surface area contributed by atoms with Crippen LogP contribution in [0.15, 0.2) is 61.2 Å². The van der Waals surface area contributed by atoms with E-state index >= 15 is 0 Å². The van der Waals surface area contributed by atoms with E-state index in [1.165, 1.54) is 18.9 Å². The molecule has 0 aliphatic heterocycles. The molecule has 2 aromatic heterocycles. The molecule has 0 atom stereocenters. The summed E-state index contributed by atoms with van der Waals surface area (Å²) in [5.41, 5.74) is 4.62. The van der Waals surface area contributed by atoms with Gasteiger partial charge < -0.3 is 10.1 Å². The summed E-state index contributed by atoms with van der Waals surface area (Å²) in [5, 5.41) is 7.38.